The zero-order chi connectivity index (χ0) is 13.5. The fourth-order valence-electron chi connectivity index (χ4n) is 2.30. The van der Waals surface area contributed by atoms with Gasteiger partial charge < -0.3 is 10.0 Å². The van der Waals surface area contributed by atoms with E-state index in [1.54, 1.807) is 11.8 Å². The Labute approximate surface area is 119 Å². The summed E-state index contributed by atoms with van der Waals surface area (Å²) in [5, 5.41) is 9.08. The molecule has 0 spiro atoms. The number of amides is 1. The van der Waals surface area contributed by atoms with Crippen LogP contribution in [-0.4, -0.2) is 41.4 Å². The molecule has 1 amide bonds. The number of aliphatic hydroxyl groups excluding tert-OH is 1. The molecule has 0 unspecified atom stereocenters. The van der Waals surface area contributed by atoms with Crippen LogP contribution in [0.2, 0.25) is 0 Å². The molecule has 0 atom stereocenters. The third-order valence-corrected chi connectivity index (χ3v) is 4.57. The number of carbonyl (C=O) groups excluding carboxylic acids is 1. The van der Waals surface area contributed by atoms with Gasteiger partial charge in [-0.25, -0.2) is 0 Å². The summed E-state index contributed by atoms with van der Waals surface area (Å²) in [6.07, 6.45) is 2.48. The monoisotopic (exact) mass is 279 g/mol. The van der Waals surface area contributed by atoms with Crippen LogP contribution < -0.4 is 0 Å². The SMILES string of the molecule is O=C(CCSc1ccccc1)N1CCC(CO)CC1. The summed E-state index contributed by atoms with van der Waals surface area (Å²) in [7, 11) is 0. The number of rotatable bonds is 5. The molecule has 0 aromatic heterocycles. The molecule has 0 bridgehead atoms. The smallest absolute Gasteiger partial charge is 0.223 e. The average molecular weight is 279 g/mol. The first kappa shape index (κ1) is 14.4. The predicted octanol–water partition coefficient (Wildman–Crippen LogP) is 2.40. The molecule has 2 rings (SSSR count). The minimum absolute atomic E-state index is 0.250. The lowest BCUT2D eigenvalue weighted by Crippen LogP contribution is -2.39. The van der Waals surface area contributed by atoms with Gasteiger partial charge in [-0.05, 0) is 30.9 Å². The van der Waals surface area contributed by atoms with Gasteiger partial charge in [0.25, 0.3) is 0 Å². The van der Waals surface area contributed by atoms with Gasteiger partial charge in [-0.1, -0.05) is 18.2 Å². The third kappa shape index (κ3) is 4.55. The van der Waals surface area contributed by atoms with Gasteiger partial charge in [0.1, 0.15) is 0 Å². The minimum atomic E-state index is 0.250. The molecule has 104 valence electrons. The number of likely N-dealkylation sites (tertiary alicyclic amines) is 1. The number of piperidine rings is 1. The molecule has 4 heteroatoms. The number of carbonyl (C=O) groups is 1. The Hall–Kier alpha value is -1.00. The van der Waals surface area contributed by atoms with Crippen LogP contribution in [0.15, 0.2) is 35.2 Å². The Morgan fingerprint density at radius 2 is 1.95 bits per heavy atom. The van der Waals surface area contributed by atoms with Crippen LogP contribution in [0.3, 0.4) is 0 Å². The molecule has 1 heterocycles. The largest absolute Gasteiger partial charge is 0.396 e. The summed E-state index contributed by atoms with van der Waals surface area (Å²) in [4.78, 5) is 15.2. The number of nitrogens with zero attached hydrogens (tertiary/aromatic N) is 1. The number of hydrogen-bond donors (Lipinski definition) is 1. The molecule has 1 fully saturated rings. The summed E-state index contributed by atoms with van der Waals surface area (Å²) in [6.45, 7) is 1.87. The van der Waals surface area contributed by atoms with Crippen molar-refractivity contribution in [3.05, 3.63) is 30.3 Å². The van der Waals surface area contributed by atoms with Gasteiger partial charge in [-0.15, -0.1) is 11.8 Å². The van der Waals surface area contributed by atoms with Crippen LogP contribution in [0.1, 0.15) is 19.3 Å². The predicted molar refractivity (Wildman–Crippen MR) is 78.2 cm³/mol. The van der Waals surface area contributed by atoms with Crippen LogP contribution >= 0.6 is 11.8 Å². The Kier molecular flexibility index (Phi) is 5.73. The van der Waals surface area contributed by atoms with Crippen molar-refractivity contribution in [3.8, 4) is 0 Å². The molecule has 1 N–H and O–H groups in total. The zero-order valence-corrected chi connectivity index (χ0v) is 11.9. The van der Waals surface area contributed by atoms with E-state index in [2.05, 4.69) is 12.1 Å². The molecule has 1 aromatic rings. The van der Waals surface area contributed by atoms with Crippen molar-refractivity contribution in [3.63, 3.8) is 0 Å². The van der Waals surface area contributed by atoms with Crippen molar-refractivity contribution in [1.82, 2.24) is 4.90 Å². The molecule has 1 aromatic carbocycles. The van der Waals surface area contributed by atoms with Crippen molar-refractivity contribution in [2.45, 2.75) is 24.2 Å². The van der Waals surface area contributed by atoms with Crippen LogP contribution in [0.5, 0.6) is 0 Å². The standard InChI is InChI=1S/C15H21NO2S/c17-12-13-6-9-16(10-7-13)15(18)8-11-19-14-4-2-1-3-5-14/h1-5,13,17H,6-12H2. The molecule has 1 aliphatic rings. The Bertz CT molecular complexity index is 388. The number of hydrogen-bond acceptors (Lipinski definition) is 3. The second-order valence-corrected chi connectivity index (χ2v) is 6.09. The van der Waals surface area contributed by atoms with E-state index >= 15 is 0 Å². The van der Waals surface area contributed by atoms with Gasteiger partial charge in [-0.2, -0.15) is 0 Å². The first-order valence-corrected chi connectivity index (χ1v) is 7.84. The summed E-state index contributed by atoms with van der Waals surface area (Å²) in [6, 6.07) is 10.2. The van der Waals surface area contributed by atoms with Crippen LogP contribution in [-0.2, 0) is 4.79 Å². The molecular weight excluding hydrogens is 258 g/mol. The third-order valence-electron chi connectivity index (χ3n) is 3.55. The fraction of sp³-hybridized carbons (Fsp3) is 0.533. The highest BCUT2D eigenvalue weighted by molar-refractivity contribution is 7.99. The summed E-state index contributed by atoms with van der Waals surface area (Å²) in [5.74, 6) is 1.48. The minimum Gasteiger partial charge on any atom is -0.396 e. The Balaban J connectivity index is 1.67. The van der Waals surface area contributed by atoms with E-state index in [1.807, 2.05) is 23.1 Å². The van der Waals surface area contributed by atoms with Crippen molar-refractivity contribution < 1.29 is 9.90 Å². The van der Waals surface area contributed by atoms with E-state index < -0.39 is 0 Å². The first-order valence-electron chi connectivity index (χ1n) is 6.86. The second-order valence-electron chi connectivity index (χ2n) is 4.92. The maximum absolute atomic E-state index is 12.0. The average Bonchev–Trinajstić information content (AvgIpc) is 2.48. The summed E-state index contributed by atoms with van der Waals surface area (Å²) in [5.41, 5.74) is 0. The Morgan fingerprint density at radius 1 is 1.26 bits per heavy atom. The van der Waals surface area contributed by atoms with Gasteiger partial charge in [0.2, 0.25) is 5.91 Å². The summed E-state index contributed by atoms with van der Waals surface area (Å²) < 4.78 is 0. The van der Waals surface area contributed by atoms with Crippen molar-refractivity contribution in [2.75, 3.05) is 25.4 Å². The normalized spacial score (nSPS) is 16.6. The molecule has 19 heavy (non-hydrogen) atoms. The van der Waals surface area contributed by atoms with E-state index in [0.717, 1.165) is 31.7 Å². The maximum atomic E-state index is 12.0. The second kappa shape index (κ2) is 7.56. The molecule has 0 radical (unpaired) electrons. The van der Waals surface area contributed by atoms with Crippen molar-refractivity contribution in [2.24, 2.45) is 5.92 Å². The number of benzene rings is 1. The van der Waals surface area contributed by atoms with E-state index in [4.69, 9.17) is 5.11 Å². The highest BCUT2D eigenvalue weighted by atomic mass is 32.2. The van der Waals surface area contributed by atoms with Crippen LogP contribution in [0, 0.1) is 5.92 Å². The Morgan fingerprint density at radius 3 is 2.58 bits per heavy atom. The fourth-order valence-corrected chi connectivity index (χ4v) is 3.16. The van der Waals surface area contributed by atoms with Crippen molar-refractivity contribution >= 4 is 17.7 Å². The highest BCUT2D eigenvalue weighted by Gasteiger charge is 2.21. The lowest BCUT2D eigenvalue weighted by molar-refractivity contribution is -0.132. The van der Waals surface area contributed by atoms with Gasteiger partial charge >= 0.3 is 0 Å². The molecular formula is C15H21NO2S. The lowest BCUT2D eigenvalue weighted by atomic mass is 9.98. The van der Waals surface area contributed by atoms with Crippen molar-refractivity contribution in [1.29, 1.82) is 0 Å². The van der Waals surface area contributed by atoms with Crippen LogP contribution in [0.25, 0.3) is 0 Å². The quantitative estimate of drug-likeness (QED) is 0.841. The van der Waals surface area contributed by atoms with E-state index in [0.29, 0.717) is 12.3 Å². The van der Waals surface area contributed by atoms with E-state index in [1.165, 1.54) is 4.90 Å². The van der Waals surface area contributed by atoms with E-state index in [9.17, 15) is 4.79 Å². The molecule has 3 nitrogen and oxygen atoms in total. The lowest BCUT2D eigenvalue weighted by Gasteiger charge is -2.31. The molecule has 1 aliphatic heterocycles. The number of aliphatic hydroxyl groups is 1. The highest BCUT2D eigenvalue weighted by Crippen LogP contribution is 2.20. The molecule has 0 saturated carbocycles. The zero-order valence-electron chi connectivity index (χ0n) is 11.1. The van der Waals surface area contributed by atoms with Gasteiger partial charge in [0, 0.05) is 36.8 Å². The molecule has 1 saturated heterocycles. The van der Waals surface area contributed by atoms with Gasteiger partial charge in [-0.3, -0.25) is 4.79 Å². The maximum Gasteiger partial charge on any atom is 0.223 e. The molecule has 0 aliphatic carbocycles. The van der Waals surface area contributed by atoms with Crippen LogP contribution in [0.4, 0.5) is 0 Å². The first-order chi connectivity index (χ1) is 9.29. The topological polar surface area (TPSA) is 40.5 Å². The van der Waals surface area contributed by atoms with E-state index in [-0.39, 0.29) is 12.5 Å². The number of thioether (sulfide) groups is 1. The van der Waals surface area contributed by atoms with Gasteiger partial charge in [0.15, 0.2) is 0 Å². The summed E-state index contributed by atoms with van der Waals surface area (Å²) >= 11 is 1.73. The van der Waals surface area contributed by atoms with Gasteiger partial charge in [0.05, 0.1) is 0 Å².